The molecule has 0 spiro atoms. The summed E-state index contributed by atoms with van der Waals surface area (Å²) in [4.78, 5) is 9.19. The van der Waals surface area contributed by atoms with Gasteiger partial charge in [0.2, 0.25) is 0 Å². The summed E-state index contributed by atoms with van der Waals surface area (Å²) in [5.74, 6) is 0.929. The van der Waals surface area contributed by atoms with Crippen molar-refractivity contribution in [1.82, 2.24) is 15.3 Å². The summed E-state index contributed by atoms with van der Waals surface area (Å²) >= 11 is 0. The van der Waals surface area contributed by atoms with E-state index in [1.54, 1.807) is 33.1 Å². The van der Waals surface area contributed by atoms with E-state index < -0.39 is 11.4 Å². The third-order valence-electron chi connectivity index (χ3n) is 5.84. The van der Waals surface area contributed by atoms with E-state index in [4.69, 9.17) is 9.47 Å². The highest BCUT2D eigenvalue weighted by molar-refractivity contribution is 5.93. The fraction of sp³-hybridized carbons (Fsp3) is 0.391. The highest BCUT2D eigenvalue weighted by Gasteiger charge is 2.38. The molecular weight excluding hydrogens is 415 g/mol. The minimum absolute atomic E-state index is 0.0707. The van der Waals surface area contributed by atoms with E-state index in [9.17, 15) is 14.6 Å². The second-order valence-corrected chi connectivity index (χ2v) is 8.45. The normalized spacial score (nSPS) is 18.7. The predicted octanol–water partition coefficient (Wildman–Crippen LogP) is 2.93. The maximum Gasteiger partial charge on any atom is 0.165 e. The van der Waals surface area contributed by atoms with Crippen molar-refractivity contribution in [3.05, 3.63) is 36.1 Å². The molecule has 2 heterocycles. The second-order valence-electron chi connectivity index (χ2n) is 8.45. The molecule has 4 rings (SSSR count). The zero-order valence-corrected chi connectivity index (χ0v) is 18.4. The largest absolute Gasteiger partial charge is 0.507 e. The molecule has 1 fully saturated rings. The number of anilines is 1. The minimum atomic E-state index is -0.908. The molecule has 0 saturated carbocycles. The van der Waals surface area contributed by atoms with Crippen LogP contribution in [0.3, 0.4) is 0 Å². The fourth-order valence-corrected chi connectivity index (χ4v) is 4.12. The molecule has 8 nitrogen and oxygen atoms in total. The first kappa shape index (κ1) is 22.0. The number of phenols is 1. The molecular formula is C23H27FN4O4. The van der Waals surface area contributed by atoms with Crippen LogP contribution in [0.2, 0.25) is 0 Å². The van der Waals surface area contributed by atoms with Gasteiger partial charge in [0.25, 0.3) is 0 Å². The van der Waals surface area contributed by atoms with Crippen molar-refractivity contribution in [2.45, 2.75) is 25.5 Å². The molecule has 170 valence electrons. The Balaban J connectivity index is 1.89. The molecule has 32 heavy (non-hydrogen) atoms. The van der Waals surface area contributed by atoms with E-state index in [1.807, 2.05) is 0 Å². The lowest BCUT2D eigenvalue weighted by molar-refractivity contribution is 0.0219. The first-order chi connectivity index (χ1) is 15.2. The SMILES string of the molecule is COc1cc2nc(-c3cc(F)ccc3O)nc(N[C@@H]3CNC[C@@H]3C(C)(C)O)c2cc1OC. The van der Waals surface area contributed by atoms with Gasteiger partial charge in [-0.05, 0) is 38.1 Å². The topological polar surface area (TPSA) is 109 Å². The van der Waals surface area contributed by atoms with Crippen LogP contribution >= 0.6 is 0 Å². The van der Waals surface area contributed by atoms with Crippen molar-refractivity contribution in [3.63, 3.8) is 0 Å². The van der Waals surface area contributed by atoms with Crippen LogP contribution in [0.1, 0.15) is 13.8 Å². The van der Waals surface area contributed by atoms with Crippen LogP contribution in [0.5, 0.6) is 17.2 Å². The van der Waals surface area contributed by atoms with Gasteiger partial charge in [0.1, 0.15) is 17.4 Å². The van der Waals surface area contributed by atoms with Gasteiger partial charge in [-0.1, -0.05) is 0 Å². The first-order valence-electron chi connectivity index (χ1n) is 10.3. The van der Waals surface area contributed by atoms with Crippen LogP contribution in [0.15, 0.2) is 30.3 Å². The standard InChI is InChI=1S/C23H27FN4O4/c1-23(2,30)15-10-25-11-17(15)27-21-13-8-19(31-3)20(32-4)9-16(13)26-22(28-21)14-7-12(24)5-6-18(14)29/h5-9,15,17,25,29-30H,10-11H2,1-4H3,(H,26,27,28)/t15-,17+/m0/s1. The summed E-state index contributed by atoms with van der Waals surface area (Å²) in [7, 11) is 3.07. The molecule has 0 unspecified atom stereocenters. The summed E-state index contributed by atoms with van der Waals surface area (Å²) < 4.78 is 24.8. The summed E-state index contributed by atoms with van der Waals surface area (Å²) in [6.07, 6.45) is 0. The van der Waals surface area contributed by atoms with Crippen LogP contribution in [0.25, 0.3) is 22.3 Å². The number of hydrogen-bond acceptors (Lipinski definition) is 8. The van der Waals surface area contributed by atoms with E-state index in [1.165, 1.54) is 25.3 Å². The van der Waals surface area contributed by atoms with Gasteiger partial charge in [0.05, 0.1) is 30.9 Å². The van der Waals surface area contributed by atoms with Gasteiger partial charge in [-0.3, -0.25) is 0 Å². The number of ether oxygens (including phenoxy) is 2. The number of nitrogens with zero attached hydrogens (tertiary/aromatic N) is 2. The van der Waals surface area contributed by atoms with Crippen LogP contribution in [0, 0.1) is 11.7 Å². The Morgan fingerprint density at radius 1 is 1.09 bits per heavy atom. The smallest absolute Gasteiger partial charge is 0.165 e. The monoisotopic (exact) mass is 442 g/mol. The van der Waals surface area contributed by atoms with Gasteiger partial charge in [-0.15, -0.1) is 0 Å². The average Bonchev–Trinajstić information content (AvgIpc) is 3.23. The third kappa shape index (κ3) is 4.13. The van der Waals surface area contributed by atoms with Crippen LogP contribution in [-0.4, -0.2) is 59.1 Å². The van der Waals surface area contributed by atoms with Crippen molar-refractivity contribution >= 4 is 16.7 Å². The van der Waals surface area contributed by atoms with Crippen molar-refractivity contribution < 1.29 is 24.1 Å². The molecule has 4 N–H and O–H groups in total. The van der Waals surface area contributed by atoms with E-state index in [2.05, 4.69) is 20.6 Å². The van der Waals surface area contributed by atoms with Gasteiger partial charge in [-0.2, -0.15) is 0 Å². The number of hydrogen-bond donors (Lipinski definition) is 4. The van der Waals surface area contributed by atoms with E-state index in [0.29, 0.717) is 41.3 Å². The number of benzene rings is 2. The Morgan fingerprint density at radius 3 is 2.50 bits per heavy atom. The first-order valence-corrected chi connectivity index (χ1v) is 10.3. The molecule has 2 aromatic carbocycles. The molecule has 9 heteroatoms. The van der Waals surface area contributed by atoms with Crippen LogP contribution < -0.4 is 20.1 Å². The summed E-state index contributed by atoms with van der Waals surface area (Å²) in [5.41, 5.74) is -0.202. The number of aliphatic hydroxyl groups is 1. The fourth-order valence-electron chi connectivity index (χ4n) is 4.12. The quantitative estimate of drug-likeness (QED) is 0.462. The maximum absolute atomic E-state index is 13.9. The van der Waals surface area contributed by atoms with Gasteiger partial charge in [0.15, 0.2) is 17.3 Å². The van der Waals surface area contributed by atoms with Crippen molar-refractivity contribution in [1.29, 1.82) is 0 Å². The maximum atomic E-state index is 13.9. The van der Waals surface area contributed by atoms with Crippen LogP contribution in [-0.2, 0) is 0 Å². The Kier molecular flexibility index (Phi) is 5.79. The molecule has 1 aliphatic rings. The van der Waals surface area contributed by atoms with Crippen LogP contribution in [0.4, 0.5) is 10.2 Å². The Hall–Kier alpha value is -3.17. The van der Waals surface area contributed by atoms with Crippen molar-refractivity contribution in [3.8, 4) is 28.6 Å². The summed E-state index contributed by atoms with van der Waals surface area (Å²) in [6, 6.07) is 7.00. The lowest BCUT2D eigenvalue weighted by atomic mass is 9.87. The number of fused-ring (bicyclic) bond motifs is 1. The highest BCUT2D eigenvalue weighted by Crippen LogP contribution is 2.37. The molecule has 3 aromatic rings. The molecule has 1 aliphatic heterocycles. The van der Waals surface area contributed by atoms with E-state index in [-0.39, 0.29) is 29.1 Å². The van der Waals surface area contributed by atoms with E-state index in [0.717, 1.165) is 0 Å². The zero-order chi connectivity index (χ0) is 23.0. The Bertz CT molecular complexity index is 1150. The van der Waals surface area contributed by atoms with Gasteiger partial charge in [-0.25, -0.2) is 14.4 Å². The molecule has 2 atom stereocenters. The van der Waals surface area contributed by atoms with Gasteiger partial charge >= 0.3 is 0 Å². The van der Waals surface area contributed by atoms with Crippen molar-refractivity contribution in [2.75, 3.05) is 32.6 Å². The molecule has 0 radical (unpaired) electrons. The zero-order valence-electron chi connectivity index (χ0n) is 18.4. The highest BCUT2D eigenvalue weighted by atomic mass is 19.1. The van der Waals surface area contributed by atoms with E-state index >= 15 is 0 Å². The summed E-state index contributed by atoms with van der Waals surface area (Å²) in [6.45, 7) is 4.84. The Labute approximate surface area is 185 Å². The second kappa shape index (κ2) is 8.40. The number of aromatic hydroxyl groups is 1. The number of rotatable bonds is 6. The van der Waals surface area contributed by atoms with Gasteiger partial charge in [0, 0.05) is 36.5 Å². The lowest BCUT2D eigenvalue weighted by Gasteiger charge is -2.31. The summed E-state index contributed by atoms with van der Waals surface area (Å²) in [5, 5.41) is 28.3. The molecule has 0 bridgehead atoms. The predicted molar refractivity (Wildman–Crippen MR) is 120 cm³/mol. The van der Waals surface area contributed by atoms with Crippen molar-refractivity contribution in [2.24, 2.45) is 5.92 Å². The van der Waals surface area contributed by atoms with Gasteiger partial charge < -0.3 is 30.3 Å². The third-order valence-corrected chi connectivity index (χ3v) is 5.84. The number of aromatic nitrogens is 2. The number of nitrogens with one attached hydrogen (secondary N) is 2. The number of phenolic OH excluding ortho intramolecular Hbond substituents is 1. The molecule has 0 amide bonds. The Morgan fingerprint density at radius 2 is 1.81 bits per heavy atom. The lowest BCUT2D eigenvalue weighted by Crippen LogP contribution is -2.42. The average molecular weight is 442 g/mol. The molecule has 1 aromatic heterocycles. The molecule has 1 saturated heterocycles. The number of methoxy groups -OCH3 is 2. The minimum Gasteiger partial charge on any atom is -0.507 e. The number of halogens is 1. The molecule has 0 aliphatic carbocycles.